The lowest BCUT2D eigenvalue weighted by Gasteiger charge is -2.09. The molecule has 0 saturated heterocycles. The van der Waals surface area contributed by atoms with Crippen LogP contribution in [-0.2, 0) is 6.42 Å². The Morgan fingerprint density at radius 1 is 1.38 bits per heavy atom. The third-order valence-electron chi connectivity index (χ3n) is 3.10. The summed E-state index contributed by atoms with van der Waals surface area (Å²) in [5, 5.41) is 19.9. The monoisotopic (exact) mass is 219 g/mol. The van der Waals surface area contributed by atoms with Crippen molar-refractivity contribution in [1.29, 1.82) is 0 Å². The summed E-state index contributed by atoms with van der Waals surface area (Å²) in [7, 11) is 0. The number of benzene rings is 1. The van der Waals surface area contributed by atoms with Crippen molar-refractivity contribution in [1.82, 2.24) is 4.98 Å². The summed E-state index contributed by atoms with van der Waals surface area (Å²) in [5.41, 5.74) is 4.18. The van der Waals surface area contributed by atoms with E-state index >= 15 is 0 Å². The number of aliphatic hydroxyl groups is 2. The van der Waals surface area contributed by atoms with Crippen LogP contribution in [0.3, 0.4) is 0 Å². The number of fused-ring (bicyclic) bond motifs is 1. The molecule has 0 aliphatic rings. The first-order valence-electron chi connectivity index (χ1n) is 5.58. The number of aryl methyl sites for hydroxylation is 2. The summed E-state index contributed by atoms with van der Waals surface area (Å²) in [6.45, 7) is 3.90. The van der Waals surface area contributed by atoms with Crippen LogP contribution in [-0.4, -0.2) is 21.8 Å². The predicted octanol–water partition coefficient (Wildman–Crippen LogP) is 2.06. The smallest absolute Gasteiger partial charge is 0.103 e. The van der Waals surface area contributed by atoms with E-state index in [0.29, 0.717) is 0 Å². The number of nitrogens with one attached hydrogen (secondary N) is 1. The zero-order valence-electron chi connectivity index (χ0n) is 9.62. The zero-order chi connectivity index (χ0) is 11.7. The molecule has 0 radical (unpaired) electrons. The minimum absolute atomic E-state index is 0.245. The molecule has 86 valence electrons. The molecule has 3 nitrogen and oxygen atoms in total. The Labute approximate surface area is 94.7 Å². The summed E-state index contributed by atoms with van der Waals surface area (Å²) in [6.07, 6.45) is 0.137. The van der Waals surface area contributed by atoms with E-state index in [4.69, 9.17) is 5.11 Å². The van der Waals surface area contributed by atoms with Gasteiger partial charge in [-0.2, -0.15) is 0 Å². The first-order chi connectivity index (χ1) is 7.69. The molecule has 0 saturated carbocycles. The summed E-state index contributed by atoms with van der Waals surface area (Å²) in [4.78, 5) is 3.34. The number of hydrogen-bond acceptors (Lipinski definition) is 2. The second-order valence-electron chi connectivity index (χ2n) is 4.05. The third-order valence-corrected chi connectivity index (χ3v) is 3.10. The van der Waals surface area contributed by atoms with Crippen molar-refractivity contribution in [3.05, 3.63) is 35.0 Å². The molecule has 3 N–H and O–H groups in total. The number of H-pyrrole nitrogens is 1. The molecule has 2 rings (SSSR count). The van der Waals surface area contributed by atoms with Crippen molar-refractivity contribution in [3.63, 3.8) is 0 Å². The van der Waals surface area contributed by atoms with Crippen LogP contribution in [0.4, 0.5) is 0 Å². The van der Waals surface area contributed by atoms with Crippen molar-refractivity contribution in [3.8, 4) is 0 Å². The Hall–Kier alpha value is -1.32. The molecule has 0 aliphatic carbocycles. The minimum Gasteiger partial charge on any atom is -0.393 e. The molecule has 0 aliphatic heterocycles. The fraction of sp³-hybridized carbons (Fsp3) is 0.385. The summed E-state index contributed by atoms with van der Waals surface area (Å²) in [6, 6.07) is 5.75. The predicted molar refractivity (Wildman–Crippen MR) is 64.5 cm³/mol. The molecular formula is C13H17NO2. The van der Waals surface area contributed by atoms with E-state index in [9.17, 15) is 5.11 Å². The van der Waals surface area contributed by atoms with E-state index in [0.717, 1.165) is 22.9 Å². The van der Waals surface area contributed by atoms with Crippen LogP contribution in [0.2, 0.25) is 0 Å². The fourth-order valence-corrected chi connectivity index (χ4v) is 2.23. The van der Waals surface area contributed by atoms with Crippen LogP contribution in [0.1, 0.15) is 29.8 Å². The van der Waals surface area contributed by atoms with Gasteiger partial charge in [-0.3, -0.25) is 0 Å². The van der Waals surface area contributed by atoms with Crippen LogP contribution in [0.5, 0.6) is 0 Å². The number of rotatable bonds is 3. The highest BCUT2D eigenvalue weighted by molar-refractivity contribution is 5.88. The highest BCUT2D eigenvalue weighted by Gasteiger charge is 2.14. The van der Waals surface area contributed by atoms with Gasteiger partial charge in [0.1, 0.15) is 6.10 Å². The zero-order valence-corrected chi connectivity index (χ0v) is 9.62. The normalized spacial score (nSPS) is 13.2. The Morgan fingerprint density at radius 3 is 2.75 bits per heavy atom. The standard InChI is InChI=1S/C13H17NO2/c1-3-10-8(2)13-9(12(16)7-15)5-4-6-11(13)14-10/h4-6,12,14-16H,3,7H2,1-2H3. The van der Waals surface area contributed by atoms with Gasteiger partial charge >= 0.3 is 0 Å². The van der Waals surface area contributed by atoms with E-state index in [-0.39, 0.29) is 6.61 Å². The summed E-state index contributed by atoms with van der Waals surface area (Å²) < 4.78 is 0. The first-order valence-corrected chi connectivity index (χ1v) is 5.58. The van der Waals surface area contributed by atoms with Gasteiger partial charge in [-0.05, 0) is 30.5 Å². The molecule has 1 aromatic heterocycles. The van der Waals surface area contributed by atoms with Gasteiger partial charge in [0.15, 0.2) is 0 Å². The van der Waals surface area contributed by atoms with E-state index in [1.165, 1.54) is 11.3 Å². The first kappa shape index (κ1) is 11.2. The summed E-state index contributed by atoms with van der Waals surface area (Å²) >= 11 is 0. The number of hydrogen-bond donors (Lipinski definition) is 3. The average molecular weight is 219 g/mol. The molecule has 16 heavy (non-hydrogen) atoms. The molecule has 2 aromatic rings. The van der Waals surface area contributed by atoms with Crippen molar-refractivity contribution in [2.45, 2.75) is 26.4 Å². The summed E-state index contributed by atoms with van der Waals surface area (Å²) in [5.74, 6) is 0. The van der Waals surface area contributed by atoms with E-state index in [1.54, 1.807) is 0 Å². The third kappa shape index (κ3) is 1.62. The van der Waals surface area contributed by atoms with Crippen LogP contribution < -0.4 is 0 Å². The largest absolute Gasteiger partial charge is 0.393 e. The lowest BCUT2D eigenvalue weighted by atomic mass is 10.0. The molecule has 0 bridgehead atoms. The van der Waals surface area contributed by atoms with Gasteiger partial charge < -0.3 is 15.2 Å². The maximum Gasteiger partial charge on any atom is 0.103 e. The van der Waals surface area contributed by atoms with Gasteiger partial charge in [0, 0.05) is 16.6 Å². The second kappa shape index (κ2) is 4.28. The maximum atomic E-state index is 9.77. The van der Waals surface area contributed by atoms with Crippen molar-refractivity contribution in [2.75, 3.05) is 6.61 Å². The van der Waals surface area contributed by atoms with E-state index in [2.05, 4.69) is 11.9 Å². The molecular weight excluding hydrogens is 202 g/mol. The highest BCUT2D eigenvalue weighted by Crippen LogP contribution is 2.29. The van der Waals surface area contributed by atoms with Crippen LogP contribution in [0.25, 0.3) is 10.9 Å². The number of aromatic nitrogens is 1. The Morgan fingerprint density at radius 2 is 2.12 bits per heavy atom. The maximum absolute atomic E-state index is 9.77. The topological polar surface area (TPSA) is 56.2 Å². The van der Waals surface area contributed by atoms with Gasteiger partial charge in [-0.15, -0.1) is 0 Å². The lowest BCUT2D eigenvalue weighted by molar-refractivity contribution is 0.0967. The van der Waals surface area contributed by atoms with Gasteiger partial charge in [0.05, 0.1) is 6.61 Å². The second-order valence-corrected chi connectivity index (χ2v) is 4.05. The quantitative estimate of drug-likeness (QED) is 0.740. The molecule has 1 unspecified atom stereocenters. The Bertz CT molecular complexity index is 502. The van der Waals surface area contributed by atoms with Gasteiger partial charge in [-0.25, -0.2) is 0 Å². The molecule has 0 fully saturated rings. The molecule has 0 spiro atoms. The highest BCUT2D eigenvalue weighted by atomic mass is 16.3. The number of aromatic amines is 1. The Kier molecular flexibility index (Phi) is 2.99. The fourth-order valence-electron chi connectivity index (χ4n) is 2.23. The van der Waals surface area contributed by atoms with Crippen LogP contribution >= 0.6 is 0 Å². The minimum atomic E-state index is -0.803. The van der Waals surface area contributed by atoms with Crippen molar-refractivity contribution < 1.29 is 10.2 Å². The molecule has 3 heteroatoms. The van der Waals surface area contributed by atoms with E-state index in [1.807, 2.05) is 25.1 Å². The molecule has 0 amide bonds. The molecule has 1 aromatic carbocycles. The van der Waals surface area contributed by atoms with Crippen LogP contribution in [0.15, 0.2) is 18.2 Å². The molecule has 1 atom stereocenters. The number of aliphatic hydroxyl groups excluding tert-OH is 2. The van der Waals surface area contributed by atoms with E-state index < -0.39 is 6.10 Å². The SMILES string of the molecule is CCc1[nH]c2cccc(C(O)CO)c2c1C. The Balaban J connectivity index is 2.70. The molecule has 1 heterocycles. The lowest BCUT2D eigenvalue weighted by Crippen LogP contribution is -2.02. The van der Waals surface area contributed by atoms with Gasteiger partial charge in [0.2, 0.25) is 0 Å². The average Bonchev–Trinajstić information content (AvgIpc) is 2.65. The van der Waals surface area contributed by atoms with Crippen molar-refractivity contribution in [2.24, 2.45) is 0 Å². The van der Waals surface area contributed by atoms with Gasteiger partial charge in [-0.1, -0.05) is 19.1 Å². The van der Waals surface area contributed by atoms with Crippen molar-refractivity contribution >= 4 is 10.9 Å². The van der Waals surface area contributed by atoms with Gasteiger partial charge in [0.25, 0.3) is 0 Å². The van der Waals surface area contributed by atoms with Crippen LogP contribution in [0, 0.1) is 6.92 Å².